The number of unbranched alkanes of at least 4 members (excludes halogenated alkanes) is 3. The lowest BCUT2D eigenvalue weighted by Crippen LogP contribution is -2.53. The number of hydrogen-bond donors (Lipinski definition) is 0. The van der Waals surface area contributed by atoms with Gasteiger partial charge in [0.2, 0.25) is 0 Å². The summed E-state index contributed by atoms with van der Waals surface area (Å²) in [5.41, 5.74) is 1.84. The number of benzene rings is 1. The van der Waals surface area contributed by atoms with Crippen molar-refractivity contribution in [2.45, 2.75) is 97.1 Å². The van der Waals surface area contributed by atoms with Crippen molar-refractivity contribution in [1.29, 1.82) is 0 Å². The molecule has 4 rings (SSSR count). The fraction of sp³-hybridized carbons (Fsp3) is 0.643. The van der Waals surface area contributed by atoms with Crippen LogP contribution < -0.4 is 0 Å². The molecule has 1 atom stereocenters. The molecule has 1 unspecified atom stereocenters. The Morgan fingerprint density at radius 2 is 1.91 bits per heavy atom. The number of carbonyl (C=O) groups excluding carboxylic acids is 2. The van der Waals surface area contributed by atoms with Crippen LogP contribution in [-0.4, -0.2) is 63.8 Å². The third kappa shape index (κ3) is 6.57. The van der Waals surface area contributed by atoms with Crippen LogP contribution in [0.25, 0.3) is 10.9 Å². The summed E-state index contributed by atoms with van der Waals surface area (Å²) in [6.45, 7) is 10.4. The van der Waals surface area contributed by atoms with E-state index in [9.17, 15) is 9.59 Å². The molecule has 2 fully saturated rings. The lowest BCUT2D eigenvalue weighted by atomic mass is 10.1. The predicted molar refractivity (Wildman–Crippen MR) is 137 cm³/mol. The highest BCUT2D eigenvalue weighted by molar-refractivity contribution is 5.86. The molecule has 0 radical (unpaired) electrons. The standard InChI is InChI=1S/C28H41N3O4/c1-5-6-7-10-15-29-18-21(23-11-8-9-12-24(23)29)19-31(22-13-14-22)26(32)25-20-30(16-17-34-25)27(33)35-28(2,3)4/h8-9,11-12,18,22,25H,5-7,10,13-17,19-20H2,1-4H3. The van der Waals surface area contributed by atoms with Gasteiger partial charge in [-0.05, 0) is 51.7 Å². The van der Waals surface area contributed by atoms with Crippen molar-refractivity contribution in [3.8, 4) is 0 Å². The third-order valence-corrected chi connectivity index (χ3v) is 6.73. The normalized spacial score (nSPS) is 18.6. The van der Waals surface area contributed by atoms with E-state index in [0.717, 1.165) is 25.8 Å². The zero-order chi connectivity index (χ0) is 25.0. The minimum absolute atomic E-state index is 0.0273. The number of morpholine rings is 1. The van der Waals surface area contributed by atoms with Gasteiger partial charge in [0, 0.05) is 42.8 Å². The van der Waals surface area contributed by atoms with Gasteiger partial charge in [-0.3, -0.25) is 4.79 Å². The molecule has 0 spiro atoms. The third-order valence-electron chi connectivity index (χ3n) is 6.73. The summed E-state index contributed by atoms with van der Waals surface area (Å²) in [6.07, 6.45) is 8.11. The van der Waals surface area contributed by atoms with Gasteiger partial charge in [-0.15, -0.1) is 0 Å². The van der Waals surface area contributed by atoms with Crippen molar-refractivity contribution >= 4 is 22.9 Å². The fourth-order valence-electron chi connectivity index (χ4n) is 4.78. The fourth-order valence-corrected chi connectivity index (χ4v) is 4.78. The van der Waals surface area contributed by atoms with E-state index in [-0.39, 0.29) is 24.6 Å². The number of amides is 2. The number of fused-ring (bicyclic) bond motifs is 1. The summed E-state index contributed by atoms with van der Waals surface area (Å²) < 4.78 is 13.7. The number of carbonyl (C=O) groups is 2. The minimum Gasteiger partial charge on any atom is -0.444 e. The Bertz CT molecular complexity index is 1020. The van der Waals surface area contributed by atoms with E-state index < -0.39 is 11.7 Å². The van der Waals surface area contributed by atoms with Gasteiger partial charge in [-0.2, -0.15) is 0 Å². The first kappa shape index (κ1) is 25.5. The van der Waals surface area contributed by atoms with Crippen LogP contribution in [0.15, 0.2) is 30.5 Å². The Balaban J connectivity index is 1.48. The molecule has 2 aromatic rings. The molecule has 2 amide bonds. The van der Waals surface area contributed by atoms with E-state index in [2.05, 4.69) is 42.0 Å². The number of aromatic nitrogens is 1. The van der Waals surface area contributed by atoms with Crippen LogP contribution >= 0.6 is 0 Å². The summed E-state index contributed by atoms with van der Waals surface area (Å²) in [4.78, 5) is 29.8. The number of hydrogen-bond acceptors (Lipinski definition) is 4. The van der Waals surface area contributed by atoms with Crippen molar-refractivity contribution < 1.29 is 19.1 Å². The second kappa shape index (κ2) is 11.0. The molecular formula is C28H41N3O4. The Hall–Kier alpha value is -2.54. The largest absolute Gasteiger partial charge is 0.444 e. The first-order chi connectivity index (χ1) is 16.8. The first-order valence-electron chi connectivity index (χ1n) is 13.2. The quantitative estimate of drug-likeness (QED) is 0.451. The lowest BCUT2D eigenvalue weighted by Gasteiger charge is -2.35. The van der Waals surface area contributed by atoms with Gasteiger partial charge in [-0.25, -0.2) is 4.79 Å². The number of nitrogens with zero attached hydrogens (tertiary/aromatic N) is 3. The molecule has 1 aliphatic heterocycles. The van der Waals surface area contributed by atoms with E-state index in [1.807, 2.05) is 25.7 Å². The number of rotatable bonds is 9. The minimum atomic E-state index is -0.653. The Morgan fingerprint density at radius 3 is 2.63 bits per heavy atom. The molecule has 1 aromatic heterocycles. The summed E-state index contributed by atoms with van der Waals surface area (Å²) in [5, 5.41) is 1.21. The van der Waals surface area contributed by atoms with Gasteiger partial charge in [0.15, 0.2) is 6.10 Å². The van der Waals surface area contributed by atoms with Crippen LogP contribution in [0.4, 0.5) is 4.79 Å². The SMILES string of the molecule is CCCCCCn1cc(CN(C(=O)C2CN(C(=O)OC(C)(C)C)CCO2)C2CC2)c2ccccc21. The summed E-state index contributed by atoms with van der Waals surface area (Å²) in [7, 11) is 0. The molecule has 192 valence electrons. The maximum Gasteiger partial charge on any atom is 0.410 e. The van der Waals surface area contributed by atoms with E-state index in [0.29, 0.717) is 19.7 Å². The molecule has 7 nitrogen and oxygen atoms in total. The maximum atomic E-state index is 13.6. The molecule has 1 saturated heterocycles. The van der Waals surface area contributed by atoms with Gasteiger partial charge in [0.25, 0.3) is 5.91 Å². The first-order valence-corrected chi connectivity index (χ1v) is 13.2. The molecular weight excluding hydrogens is 442 g/mol. The molecule has 35 heavy (non-hydrogen) atoms. The number of ether oxygens (including phenoxy) is 2. The number of para-hydroxylation sites is 1. The van der Waals surface area contributed by atoms with Gasteiger partial charge in [0.1, 0.15) is 5.60 Å². The van der Waals surface area contributed by atoms with Gasteiger partial charge in [0.05, 0.1) is 13.2 Å². The van der Waals surface area contributed by atoms with E-state index in [1.54, 1.807) is 4.90 Å². The van der Waals surface area contributed by atoms with Gasteiger partial charge in [-0.1, -0.05) is 44.4 Å². The molecule has 0 bridgehead atoms. The van der Waals surface area contributed by atoms with Gasteiger partial charge < -0.3 is 23.8 Å². The molecule has 0 N–H and O–H groups in total. The Kier molecular flexibility index (Phi) is 8.05. The number of aryl methyl sites for hydroxylation is 1. The lowest BCUT2D eigenvalue weighted by molar-refractivity contribution is -0.150. The highest BCUT2D eigenvalue weighted by Crippen LogP contribution is 2.32. The van der Waals surface area contributed by atoms with E-state index in [4.69, 9.17) is 9.47 Å². The van der Waals surface area contributed by atoms with Crippen LogP contribution in [0.2, 0.25) is 0 Å². The van der Waals surface area contributed by atoms with Crippen LogP contribution in [0.1, 0.15) is 71.8 Å². The van der Waals surface area contributed by atoms with Crippen molar-refractivity contribution in [1.82, 2.24) is 14.4 Å². The average Bonchev–Trinajstić information content (AvgIpc) is 3.61. The van der Waals surface area contributed by atoms with Crippen LogP contribution in [0.5, 0.6) is 0 Å². The summed E-state index contributed by atoms with van der Waals surface area (Å²) in [5.74, 6) is -0.0273. The molecule has 1 aromatic carbocycles. The summed E-state index contributed by atoms with van der Waals surface area (Å²) >= 11 is 0. The van der Waals surface area contributed by atoms with Crippen molar-refractivity contribution in [2.75, 3.05) is 19.7 Å². The molecule has 1 aliphatic carbocycles. The van der Waals surface area contributed by atoms with Crippen molar-refractivity contribution in [3.05, 3.63) is 36.0 Å². The van der Waals surface area contributed by atoms with Crippen LogP contribution in [0, 0.1) is 0 Å². The monoisotopic (exact) mass is 483 g/mol. The molecule has 2 heterocycles. The molecule has 7 heteroatoms. The molecule has 2 aliphatic rings. The Labute approximate surface area is 209 Å². The Morgan fingerprint density at radius 1 is 1.14 bits per heavy atom. The zero-order valence-electron chi connectivity index (χ0n) is 21.8. The predicted octanol–water partition coefficient (Wildman–Crippen LogP) is 5.35. The second-order valence-electron chi connectivity index (χ2n) is 10.9. The smallest absolute Gasteiger partial charge is 0.410 e. The highest BCUT2D eigenvalue weighted by atomic mass is 16.6. The zero-order valence-corrected chi connectivity index (χ0v) is 21.8. The van der Waals surface area contributed by atoms with Crippen LogP contribution in [-0.2, 0) is 27.4 Å². The second-order valence-corrected chi connectivity index (χ2v) is 10.9. The van der Waals surface area contributed by atoms with Crippen molar-refractivity contribution in [2.24, 2.45) is 0 Å². The molecule has 1 saturated carbocycles. The summed E-state index contributed by atoms with van der Waals surface area (Å²) in [6, 6.07) is 8.73. The van der Waals surface area contributed by atoms with Crippen LogP contribution in [0.3, 0.4) is 0 Å². The highest BCUT2D eigenvalue weighted by Gasteiger charge is 2.39. The maximum absolute atomic E-state index is 13.6. The topological polar surface area (TPSA) is 64.0 Å². The average molecular weight is 484 g/mol. The van der Waals surface area contributed by atoms with Gasteiger partial charge >= 0.3 is 6.09 Å². The van der Waals surface area contributed by atoms with Crippen molar-refractivity contribution in [3.63, 3.8) is 0 Å². The van der Waals surface area contributed by atoms with E-state index in [1.165, 1.54) is 35.7 Å². The van der Waals surface area contributed by atoms with E-state index >= 15 is 0 Å².